The zero-order chi connectivity index (χ0) is 22.1. The molecule has 2 atom stereocenters. The minimum absolute atomic E-state index is 0.0930. The van der Waals surface area contributed by atoms with Crippen molar-refractivity contribution in [1.29, 1.82) is 0 Å². The first-order chi connectivity index (χ1) is 14.8. The van der Waals surface area contributed by atoms with E-state index in [1.165, 1.54) is 65.6 Å². The smallest absolute Gasteiger partial charge is 0.271 e. The summed E-state index contributed by atoms with van der Waals surface area (Å²) in [5, 5.41) is 28.4. The molecule has 0 radical (unpaired) electrons. The lowest BCUT2D eigenvalue weighted by molar-refractivity contribution is -0.384. The molecular formula is C21H14ClFN4O4. The standard InChI is InChI=1S/C21H14ClFN4O4/c22-19-20(26(21(19)29)15-7-4-12(23)5-8-15)17-11-14(6-9-18(17)28)25-24-13-2-1-3-16(10-13)27(30)31/h1-11,19-20,28H/t19-,20+/m0/s1. The summed E-state index contributed by atoms with van der Waals surface area (Å²) in [7, 11) is 0. The van der Waals surface area contributed by atoms with Gasteiger partial charge in [-0.2, -0.15) is 10.2 Å². The van der Waals surface area contributed by atoms with E-state index >= 15 is 0 Å². The molecule has 3 aromatic rings. The van der Waals surface area contributed by atoms with Crippen molar-refractivity contribution in [2.75, 3.05) is 4.90 Å². The van der Waals surface area contributed by atoms with E-state index in [0.29, 0.717) is 16.9 Å². The second-order valence-corrected chi connectivity index (χ2v) is 7.22. The molecule has 8 nitrogen and oxygen atoms in total. The summed E-state index contributed by atoms with van der Waals surface area (Å²) in [5.41, 5.74) is 1.30. The number of aromatic hydroxyl groups is 1. The molecule has 0 aliphatic carbocycles. The Bertz CT molecular complexity index is 1200. The van der Waals surface area contributed by atoms with Crippen LogP contribution in [0.3, 0.4) is 0 Å². The average molecular weight is 441 g/mol. The average Bonchev–Trinajstić information content (AvgIpc) is 2.77. The summed E-state index contributed by atoms with van der Waals surface area (Å²) in [5.74, 6) is -0.909. The molecular weight excluding hydrogens is 427 g/mol. The zero-order valence-corrected chi connectivity index (χ0v) is 16.5. The number of nitro groups is 1. The second kappa shape index (κ2) is 8.11. The number of hydrogen-bond acceptors (Lipinski definition) is 6. The molecule has 0 saturated carbocycles. The second-order valence-electron chi connectivity index (χ2n) is 6.75. The third-order valence-corrected chi connectivity index (χ3v) is 5.21. The molecule has 1 N–H and O–H groups in total. The molecule has 3 aromatic carbocycles. The summed E-state index contributed by atoms with van der Waals surface area (Å²) >= 11 is 6.23. The van der Waals surface area contributed by atoms with Crippen LogP contribution in [0.25, 0.3) is 0 Å². The Labute approximate surface area is 180 Å². The van der Waals surface area contributed by atoms with Crippen molar-refractivity contribution in [3.05, 3.63) is 88.2 Å². The maximum absolute atomic E-state index is 13.2. The van der Waals surface area contributed by atoms with Crippen LogP contribution in [0, 0.1) is 15.9 Å². The number of carbonyl (C=O) groups is 1. The number of carbonyl (C=O) groups excluding carboxylic acids is 1. The summed E-state index contributed by atoms with van der Waals surface area (Å²) in [6, 6.07) is 14.8. The molecule has 4 rings (SSSR count). The lowest BCUT2D eigenvalue weighted by Crippen LogP contribution is -2.56. The number of benzene rings is 3. The van der Waals surface area contributed by atoms with Gasteiger partial charge in [0.25, 0.3) is 5.69 Å². The van der Waals surface area contributed by atoms with Crippen molar-refractivity contribution in [3.63, 3.8) is 0 Å². The molecule has 0 unspecified atom stereocenters. The third kappa shape index (κ3) is 3.95. The molecule has 1 aliphatic heterocycles. The molecule has 1 fully saturated rings. The number of nitro benzene ring substituents is 1. The fraction of sp³-hybridized carbons (Fsp3) is 0.0952. The fourth-order valence-corrected chi connectivity index (χ4v) is 3.62. The predicted octanol–water partition coefficient (Wildman–Crippen LogP) is 5.55. The molecule has 1 amide bonds. The molecule has 0 bridgehead atoms. The van der Waals surface area contributed by atoms with Gasteiger partial charge in [0.05, 0.1) is 22.3 Å². The van der Waals surface area contributed by atoms with E-state index in [0.717, 1.165) is 0 Å². The van der Waals surface area contributed by atoms with Crippen LogP contribution in [0.5, 0.6) is 5.75 Å². The van der Waals surface area contributed by atoms with Gasteiger partial charge in [-0.15, -0.1) is 11.6 Å². The van der Waals surface area contributed by atoms with Crippen LogP contribution in [0.2, 0.25) is 0 Å². The lowest BCUT2D eigenvalue weighted by atomic mass is 9.91. The van der Waals surface area contributed by atoms with Crippen molar-refractivity contribution in [2.45, 2.75) is 11.4 Å². The first kappa shape index (κ1) is 20.4. The first-order valence-electron chi connectivity index (χ1n) is 9.07. The van der Waals surface area contributed by atoms with E-state index < -0.39 is 22.2 Å². The predicted molar refractivity (Wildman–Crippen MR) is 112 cm³/mol. The number of anilines is 1. The summed E-state index contributed by atoms with van der Waals surface area (Å²) in [4.78, 5) is 24.1. The van der Waals surface area contributed by atoms with Crippen molar-refractivity contribution in [1.82, 2.24) is 0 Å². The number of halogens is 2. The molecule has 1 saturated heterocycles. The number of non-ortho nitro benzene ring substituents is 1. The summed E-state index contributed by atoms with van der Waals surface area (Å²) in [6.07, 6.45) is 0. The van der Waals surface area contributed by atoms with Gasteiger partial charge in [0.2, 0.25) is 5.91 Å². The van der Waals surface area contributed by atoms with E-state index in [9.17, 15) is 24.4 Å². The van der Waals surface area contributed by atoms with Gasteiger partial charge >= 0.3 is 0 Å². The van der Waals surface area contributed by atoms with Crippen molar-refractivity contribution in [3.8, 4) is 5.75 Å². The van der Waals surface area contributed by atoms with Crippen molar-refractivity contribution in [2.24, 2.45) is 10.2 Å². The Morgan fingerprint density at radius 2 is 1.71 bits per heavy atom. The lowest BCUT2D eigenvalue weighted by Gasteiger charge is -2.44. The molecule has 10 heteroatoms. The van der Waals surface area contributed by atoms with Crippen LogP contribution >= 0.6 is 11.6 Å². The molecule has 0 aromatic heterocycles. The number of alkyl halides is 1. The van der Waals surface area contributed by atoms with Gasteiger partial charge in [0, 0.05) is 23.4 Å². The van der Waals surface area contributed by atoms with E-state index in [4.69, 9.17) is 11.6 Å². The SMILES string of the molecule is O=C1[C@@H](Cl)[C@@H](c2cc(N=Nc3cccc([N+](=O)[O-])c3)ccc2O)N1c1ccc(F)cc1. The van der Waals surface area contributed by atoms with Gasteiger partial charge in [-0.3, -0.25) is 14.9 Å². The van der Waals surface area contributed by atoms with Gasteiger partial charge < -0.3 is 10.0 Å². The Kier molecular flexibility index (Phi) is 5.35. The summed E-state index contributed by atoms with van der Waals surface area (Å²) in [6.45, 7) is 0. The molecule has 1 heterocycles. The number of nitrogens with zero attached hydrogens (tertiary/aromatic N) is 4. The number of azo groups is 1. The van der Waals surface area contributed by atoms with Crippen LogP contribution in [0.15, 0.2) is 77.0 Å². The van der Waals surface area contributed by atoms with E-state index in [-0.39, 0.29) is 23.0 Å². The number of phenolic OH excluding ortho intramolecular Hbond substituents is 1. The van der Waals surface area contributed by atoms with E-state index in [2.05, 4.69) is 10.2 Å². The van der Waals surface area contributed by atoms with Crippen LogP contribution in [-0.2, 0) is 4.79 Å². The van der Waals surface area contributed by atoms with Crippen LogP contribution in [-0.4, -0.2) is 21.3 Å². The van der Waals surface area contributed by atoms with E-state index in [1.807, 2.05) is 0 Å². The monoisotopic (exact) mass is 440 g/mol. The highest BCUT2D eigenvalue weighted by Gasteiger charge is 2.49. The highest BCUT2D eigenvalue weighted by molar-refractivity contribution is 6.37. The topological polar surface area (TPSA) is 108 Å². The number of rotatable bonds is 5. The van der Waals surface area contributed by atoms with Crippen molar-refractivity contribution >= 4 is 40.3 Å². The number of amides is 1. The van der Waals surface area contributed by atoms with Gasteiger partial charge in [-0.05, 0) is 48.5 Å². The highest BCUT2D eigenvalue weighted by atomic mass is 35.5. The minimum atomic E-state index is -0.917. The van der Waals surface area contributed by atoms with Gasteiger partial charge in [0.1, 0.15) is 16.9 Å². The molecule has 1 aliphatic rings. The van der Waals surface area contributed by atoms with Gasteiger partial charge in [-0.25, -0.2) is 4.39 Å². The van der Waals surface area contributed by atoms with Crippen molar-refractivity contribution < 1.29 is 19.2 Å². The van der Waals surface area contributed by atoms with Gasteiger partial charge in [0.15, 0.2) is 0 Å². The summed E-state index contributed by atoms with van der Waals surface area (Å²) < 4.78 is 13.2. The van der Waals surface area contributed by atoms with Crippen LogP contribution in [0.4, 0.5) is 27.1 Å². The zero-order valence-electron chi connectivity index (χ0n) is 15.7. The Balaban J connectivity index is 1.64. The number of hydrogen-bond donors (Lipinski definition) is 1. The molecule has 31 heavy (non-hydrogen) atoms. The number of phenols is 1. The normalized spacial score (nSPS) is 18.3. The maximum Gasteiger partial charge on any atom is 0.271 e. The minimum Gasteiger partial charge on any atom is -0.508 e. The van der Waals surface area contributed by atoms with E-state index in [1.54, 1.807) is 6.07 Å². The molecule has 156 valence electrons. The maximum atomic E-state index is 13.2. The Morgan fingerprint density at radius 1 is 1.03 bits per heavy atom. The third-order valence-electron chi connectivity index (χ3n) is 4.78. The Hall–Kier alpha value is -3.85. The van der Waals surface area contributed by atoms with Gasteiger partial charge in [-0.1, -0.05) is 6.07 Å². The quantitative estimate of drug-likeness (QED) is 0.184. The fourth-order valence-electron chi connectivity index (χ4n) is 3.27. The Morgan fingerprint density at radius 3 is 2.39 bits per heavy atom. The number of β-lactam (4-membered cyclic amide) rings is 1. The molecule has 0 spiro atoms. The first-order valence-corrected chi connectivity index (χ1v) is 9.50. The largest absolute Gasteiger partial charge is 0.508 e. The van der Waals surface area contributed by atoms with Crippen LogP contribution in [0.1, 0.15) is 11.6 Å². The highest BCUT2D eigenvalue weighted by Crippen LogP contribution is 2.45. The van der Waals surface area contributed by atoms with Crippen LogP contribution < -0.4 is 4.90 Å².